The van der Waals surface area contributed by atoms with E-state index in [-0.39, 0.29) is 16.7 Å². The molecule has 2 heterocycles. The number of Topliss-reactive ketones (excluding diaryl/α,β-unsaturated/α-hetero) is 1. The summed E-state index contributed by atoms with van der Waals surface area (Å²) >= 11 is 0. The number of halogens is 3. The highest BCUT2D eigenvalue weighted by atomic mass is 19.4. The summed E-state index contributed by atoms with van der Waals surface area (Å²) in [4.78, 5) is 23.2. The number of rotatable bonds is 1. The van der Waals surface area contributed by atoms with Crippen LogP contribution in [-0.2, 0) is 7.05 Å². The van der Waals surface area contributed by atoms with Crippen molar-refractivity contribution in [3.05, 3.63) is 33.5 Å². The smallest absolute Gasteiger partial charge is 0.427 e. The lowest BCUT2D eigenvalue weighted by molar-refractivity contribution is -0.0886. The SMILES string of the molecule is Cc1oc(=O)c2c(C)cn(C)c2c1C(=O)C(F)(F)F. The van der Waals surface area contributed by atoms with Gasteiger partial charge in [0.1, 0.15) is 5.76 Å². The van der Waals surface area contributed by atoms with Crippen LogP contribution in [0.15, 0.2) is 15.4 Å². The molecule has 0 bridgehead atoms. The van der Waals surface area contributed by atoms with Gasteiger partial charge in [-0.05, 0) is 19.4 Å². The summed E-state index contributed by atoms with van der Waals surface area (Å²) in [6.07, 6.45) is -3.54. The molecule has 0 saturated heterocycles. The van der Waals surface area contributed by atoms with Gasteiger partial charge in [-0.25, -0.2) is 4.79 Å². The molecular formula is C12H10F3NO3. The lowest BCUT2D eigenvalue weighted by Crippen LogP contribution is -2.25. The fraction of sp³-hybridized carbons (Fsp3) is 0.333. The minimum absolute atomic E-state index is 0.000648. The van der Waals surface area contributed by atoms with Gasteiger partial charge in [0.05, 0.1) is 16.5 Å². The summed E-state index contributed by atoms with van der Waals surface area (Å²) in [5, 5.41) is 0.000648. The second kappa shape index (κ2) is 3.97. The predicted molar refractivity (Wildman–Crippen MR) is 61.3 cm³/mol. The molecule has 0 amide bonds. The molecule has 2 aromatic heterocycles. The van der Waals surface area contributed by atoms with Crippen LogP contribution in [0.1, 0.15) is 21.7 Å². The minimum atomic E-state index is -5.02. The Balaban J connectivity index is 2.97. The monoisotopic (exact) mass is 273 g/mol. The third-order valence-electron chi connectivity index (χ3n) is 2.89. The molecule has 102 valence electrons. The maximum absolute atomic E-state index is 12.6. The Morgan fingerprint density at radius 2 is 1.89 bits per heavy atom. The molecule has 0 aliphatic heterocycles. The van der Waals surface area contributed by atoms with Crippen LogP contribution in [0.2, 0.25) is 0 Å². The van der Waals surface area contributed by atoms with Crippen molar-refractivity contribution in [3.8, 4) is 0 Å². The van der Waals surface area contributed by atoms with Gasteiger partial charge in [-0.2, -0.15) is 13.2 Å². The molecule has 0 N–H and O–H groups in total. The number of aromatic nitrogens is 1. The number of alkyl halides is 3. The summed E-state index contributed by atoms with van der Waals surface area (Å²) in [7, 11) is 1.47. The van der Waals surface area contributed by atoms with Crippen LogP contribution in [0.5, 0.6) is 0 Å². The Bertz CT molecular complexity index is 737. The van der Waals surface area contributed by atoms with Crippen molar-refractivity contribution < 1.29 is 22.4 Å². The van der Waals surface area contributed by atoms with Crippen LogP contribution in [0.25, 0.3) is 10.9 Å². The Labute approximate surface area is 105 Å². The van der Waals surface area contributed by atoms with Crippen molar-refractivity contribution in [3.63, 3.8) is 0 Å². The van der Waals surface area contributed by atoms with Crippen LogP contribution in [0.4, 0.5) is 13.2 Å². The first-order chi connectivity index (χ1) is 8.64. The van der Waals surface area contributed by atoms with Crippen molar-refractivity contribution in [2.45, 2.75) is 20.0 Å². The maximum Gasteiger partial charge on any atom is 0.455 e. The van der Waals surface area contributed by atoms with Crippen molar-refractivity contribution in [2.75, 3.05) is 0 Å². The molecule has 7 heteroatoms. The topological polar surface area (TPSA) is 52.2 Å². The first-order valence-corrected chi connectivity index (χ1v) is 5.35. The van der Waals surface area contributed by atoms with Gasteiger partial charge in [0.2, 0.25) is 0 Å². The van der Waals surface area contributed by atoms with E-state index in [0.29, 0.717) is 5.56 Å². The third kappa shape index (κ3) is 1.94. The van der Waals surface area contributed by atoms with Gasteiger partial charge in [0.15, 0.2) is 0 Å². The molecule has 0 fully saturated rings. The number of carbonyl (C=O) groups excluding carboxylic acids is 1. The molecule has 4 nitrogen and oxygen atoms in total. The number of carbonyl (C=O) groups is 1. The van der Waals surface area contributed by atoms with Gasteiger partial charge in [-0.15, -0.1) is 0 Å². The van der Waals surface area contributed by atoms with Crippen molar-refractivity contribution in [2.24, 2.45) is 7.05 Å². The van der Waals surface area contributed by atoms with Crippen molar-refractivity contribution in [1.82, 2.24) is 4.57 Å². The Hall–Kier alpha value is -2.05. The van der Waals surface area contributed by atoms with Crippen molar-refractivity contribution in [1.29, 1.82) is 0 Å². The largest absolute Gasteiger partial charge is 0.455 e. The van der Waals surface area contributed by atoms with Gasteiger partial charge >= 0.3 is 11.8 Å². The number of ketones is 1. The molecule has 0 atom stereocenters. The predicted octanol–water partition coefficient (Wildman–Crippen LogP) is 2.49. The van der Waals surface area contributed by atoms with E-state index in [4.69, 9.17) is 4.42 Å². The molecule has 2 rings (SSSR count). The second-order valence-electron chi connectivity index (χ2n) is 4.29. The Kier molecular flexibility index (Phi) is 2.80. The van der Waals surface area contributed by atoms with E-state index in [1.54, 1.807) is 6.92 Å². The highest BCUT2D eigenvalue weighted by Gasteiger charge is 2.42. The second-order valence-corrected chi connectivity index (χ2v) is 4.29. The molecule has 0 radical (unpaired) electrons. The fourth-order valence-corrected chi connectivity index (χ4v) is 2.16. The normalized spacial score (nSPS) is 12.1. The quantitative estimate of drug-likeness (QED) is 0.750. The van der Waals surface area contributed by atoms with Crippen LogP contribution in [0, 0.1) is 13.8 Å². The van der Waals surface area contributed by atoms with Gasteiger partial charge in [-0.1, -0.05) is 0 Å². The standard InChI is InChI=1S/C12H10F3NO3/c1-5-4-16(3)9-7(5)11(18)19-6(2)8(9)10(17)12(13,14)15/h4H,1-3H3. The lowest BCUT2D eigenvalue weighted by Gasteiger charge is -2.09. The van der Waals surface area contributed by atoms with E-state index in [1.807, 2.05) is 0 Å². The van der Waals surface area contributed by atoms with E-state index in [1.165, 1.54) is 24.7 Å². The van der Waals surface area contributed by atoms with E-state index in [2.05, 4.69) is 0 Å². The first-order valence-electron chi connectivity index (χ1n) is 5.35. The highest BCUT2D eigenvalue weighted by Crippen LogP contribution is 2.29. The zero-order chi connectivity index (χ0) is 14.5. The number of hydrogen-bond acceptors (Lipinski definition) is 3. The zero-order valence-corrected chi connectivity index (χ0v) is 10.4. The van der Waals surface area contributed by atoms with E-state index in [9.17, 15) is 22.8 Å². The minimum Gasteiger partial charge on any atom is -0.427 e. The molecule has 2 aromatic rings. The molecule has 0 aliphatic rings. The van der Waals surface area contributed by atoms with Crippen LogP contribution >= 0.6 is 0 Å². The van der Waals surface area contributed by atoms with Crippen LogP contribution < -0.4 is 5.63 Å². The average Bonchev–Trinajstić information content (AvgIpc) is 2.53. The Morgan fingerprint density at radius 1 is 1.32 bits per heavy atom. The number of aryl methyl sites for hydroxylation is 3. The van der Waals surface area contributed by atoms with Crippen LogP contribution in [0.3, 0.4) is 0 Å². The number of nitrogens with zero attached hydrogens (tertiary/aromatic N) is 1. The zero-order valence-electron chi connectivity index (χ0n) is 10.4. The fourth-order valence-electron chi connectivity index (χ4n) is 2.16. The summed E-state index contributed by atoms with van der Waals surface area (Å²) in [5.41, 5.74) is -0.946. The molecule has 0 aromatic carbocycles. The van der Waals surface area contributed by atoms with Gasteiger partial charge in [0, 0.05) is 13.2 Å². The third-order valence-corrected chi connectivity index (χ3v) is 2.89. The summed E-state index contributed by atoms with van der Waals surface area (Å²) in [5.74, 6) is -2.35. The highest BCUT2D eigenvalue weighted by molar-refractivity contribution is 6.10. The van der Waals surface area contributed by atoms with Gasteiger partial charge < -0.3 is 8.98 Å². The first kappa shape index (κ1) is 13.4. The molecule has 0 spiro atoms. The molecule has 0 saturated carbocycles. The van der Waals surface area contributed by atoms with Crippen molar-refractivity contribution >= 4 is 16.7 Å². The van der Waals surface area contributed by atoms with E-state index in [0.717, 1.165) is 0 Å². The maximum atomic E-state index is 12.6. The molecule has 0 unspecified atom stereocenters. The van der Waals surface area contributed by atoms with Gasteiger partial charge in [0.25, 0.3) is 5.78 Å². The lowest BCUT2D eigenvalue weighted by atomic mass is 10.1. The Morgan fingerprint density at radius 3 is 2.42 bits per heavy atom. The van der Waals surface area contributed by atoms with Gasteiger partial charge in [-0.3, -0.25) is 4.79 Å². The average molecular weight is 273 g/mol. The van der Waals surface area contributed by atoms with E-state index >= 15 is 0 Å². The number of hydrogen-bond donors (Lipinski definition) is 0. The number of fused-ring (bicyclic) bond motifs is 1. The summed E-state index contributed by atoms with van der Waals surface area (Å²) in [6.45, 7) is 2.73. The molecule has 19 heavy (non-hydrogen) atoms. The summed E-state index contributed by atoms with van der Waals surface area (Å²) in [6, 6.07) is 0. The summed E-state index contributed by atoms with van der Waals surface area (Å²) < 4.78 is 43.9. The van der Waals surface area contributed by atoms with Crippen LogP contribution in [-0.4, -0.2) is 16.5 Å². The molecular weight excluding hydrogens is 263 g/mol. The van der Waals surface area contributed by atoms with E-state index < -0.39 is 23.1 Å². The molecule has 0 aliphatic carbocycles.